The lowest BCUT2D eigenvalue weighted by atomic mass is 9.73. The van der Waals surface area contributed by atoms with Crippen LogP contribution < -0.4 is 0 Å². The van der Waals surface area contributed by atoms with Crippen molar-refractivity contribution in [3.8, 4) is 0 Å². The van der Waals surface area contributed by atoms with Crippen LogP contribution in [-0.4, -0.2) is 34.6 Å². The maximum atomic E-state index is 11.8. The van der Waals surface area contributed by atoms with Gasteiger partial charge in [0.15, 0.2) is 0 Å². The summed E-state index contributed by atoms with van der Waals surface area (Å²) >= 11 is 0. The predicted molar refractivity (Wildman–Crippen MR) is 77.2 cm³/mol. The van der Waals surface area contributed by atoms with Crippen molar-refractivity contribution in [1.29, 1.82) is 0 Å². The molecule has 0 radical (unpaired) electrons. The first-order valence-electron chi connectivity index (χ1n) is 7.96. The fourth-order valence-corrected chi connectivity index (χ4v) is 4.37. The number of carboxylic acid groups (broad SMARTS) is 1. The molecule has 2 fully saturated rings. The van der Waals surface area contributed by atoms with Crippen LogP contribution in [0, 0.1) is 11.3 Å². The average molecular weight is 267 g/mol. The van der Waals surface area contributed by atoms with E-state index in [2.05, 4.69) is 25.7 Å². The monoisotopic (exact) mass is 267 g/mol. The van der Waals surface area contributed by atoms with Crippen molar-refractivity contribution < 1.29 is 9.90 Å². The molecule has 0 aromatic carbocycles. The summed E-state index contributed by atoms with van der Waals surface area (Å²) in [6.45, 7) is 7.48. The third-order valence-corrected chi connectivity index (χ3v) is 5.36. The lowest BCUT2D eigenvalue weighted by Crippen LogP contribution is -2.59. The lowest BCUT2D eigenvalue weighted by Gasteiger charge is -2.50. The topological polar surface area (TPSA) is 40.5 Å². The number of carboxylic acids is 1. The summed E-state index contributed by atoms with van der Waals surface area (Å²) in [6.07, 6.45) is 8.43. The predicted octanol–water partition coefficient (Wildman–Crippen LogP) is 3.53. The molecule has 2 rings (SSSR count). The molecule has 110 valence electrons. The van der Waals surface area contributed by atoms with E-state index in [4.69, 9.17) is 0 Å². The van der Waals surface area contributed by atoms with E-state index in [1.807, 2.05) is 0 Å². The van der Waals surface area contributed by atoms with Crippen molar-refractivity contribution in [1.82, 2.24) is 4.90 Å². The smallest absolute Gasteiger partial charge is 0.321 e. The molecule has 0 bridgehead atoms. The molecule has 0 aromatic rings. The lowest BCUT2D eigenvalue weighted by molar-refractivity contribution is -0.154. The average Bonchev–Trinajstić information content (AvgIpc) is 2.36. The van der Waals surface area contributed by atoms with Gasteiger partial charge >= 0.3 is 5.97 Å². The number of aliphatic carboxylic acids is 1. The Bertz CT molecular complexity index is 327. The molecular formula is C16H29NO2. The highest BCUT2D eigenvalue weighted by atomic mass is 16.4. The molecule has 1 saturated heterocycles. The highest BCUT2D eigenvalue weighted by Crippen LogP contribution is 2.40. The first-order valence-corrected chi connectivity index (χ1v) is 7.96. The van der Waals surface area contributed by atoms with Gasteiger partial charge in [-0.25, -0.2) is 0 Å². The van der Waals surface area contributed by atoms with Crippen LogP contribution in [0.4, 0.5) is 0 Å². The Balaban J connectivity index is 2.22. The second-order valence-electron chi connectivity index (χ2n) is 7.09. The molecule has 1 heterocycles. The summed E-state index contributed by atoms with van der Waals surface area (Å²) in [7, 11) is 0. The Labute approximate surface area is 117 Å². The van der Waals surface area contributed by atoms with Crippen LogP contribution in [0.25, 0.3) is 0 Å². The summed E-state index contributed by atoms with van der Waals surface area (Å²) in [5, 5.41) is 9.69. The zero-order valence-electron chi connectivity index (χ0n) is 12.7. The van der Waals surface area contributed by atoms with E-state index >= 15 is 0 Å². The molecule has 3 heteroatoms. The largest absolute Gasteiger partial charge is 0.480 e. The van der Waals surface area contributed by atoms with Gasteiger partial charge in [-0.1, -0.05) is 40.0 Å². The fourth-order valence-electron chi connectivity index (χ4n) is 4.37. The first kappa shape index (κ1) is 14.8. The molecule has 1 aliphatic carbocycles. The Morgan fingerprint density at radius 3 is 2.58 bits per heavy atom. The molecule has 0 amide bonds. The maximum Gasteiger partial charge on any atom is 0.321 e. The van der Waals surface area contributed by atoms with Crippen molar-refractivity contribution in [3.05, 3.63) is 0 Å². The van der Waals surface area contributed by atoms with Gasteiger partial charge in [-0.3, -0.25) is 9.69 Å². The zero-order chi connectivity index (χ0) is 14.0. The molecule has 2 aliphatic rings. The van der Waals surface area contributed by atoms with Gasteiger partial charge in [0.2, 0.25) is 0 Å². The van der Waals surface area contributed by atoms with E-state index in [0.29, 0.717) is 12.0 Å². The van der Waals surface area contributed by atoms with Crippen molar-refractivity contribution >= 4 is 5.97 Å². The zero-order valence-corrected chi connectivity index (χ0v) is 12.7. The number of hydrogen-bond acceptors (Lipinski definition) is 2. The molecule has 19 heavy (non-hydrogen) atoms. The quantitative estimate of drug-likeness (QED) is 0.850. The molecule has 1 N–H and O–H groups in total. The standard InChI is InChI=1S/C16H29NO2/c1-4-12-8-5-6-9-13(12)17-11-7-10-16(2,3)14(17)15(18)19/h12-14H,4-11H2,1-3H3,(H,18,19). The van der Waals surface area contributed by atoms with Crippen LogP contribution in [0.1, 0.15) is 65.7 Å². The Hall–Kier alpha value is -0.570. The number of piperidine rings is 1. The van der Waals surface area contributed by atoms with Crippen molar-refractivity contribution in [2.45, 2.75) is 77.8 Å². The summed E-state index contributed by atoms with van der Waals surface area (Å²) < 4.78 is 0. The van der Waals surface area contributed by atoms with Crippen LogP contribution >= 0.6 is 0 Å². The molecule has 1 aliphatic heterocycles. The Morgan fingerprint density at radius 1 is 1.26 bits per heavy atom. The molecule has 3 unspecified atom stereocenters. The summed E-state index contributed by atoms with van der Waals surface area (Å²) in [6, 6.07) is 0.206. The van der Waals surface area contributed by atoms with Crippen LogP contribution in [0.3, 0.4) is 0 Å². The van der Waals surface area contributed by atoms with Crippen LogP contribution in [0.15, 0.2) is 0 Å². The normalized spacial score (nSPS) is 36.1. The number of carbonyl (C=O) groups is 1. The minimum atomic E-state index is -0.620. The first-order chi connectivity index (χ1) is 8.97. The number of rotatable bonds is 3. The van der Waals surface area contributed by atoms with Gasteiger partial charge in [0.05, 0.1) is 0 Å². The van der Waals surface area contributed by atoms with E-state index in [0.717, 1.165) is 19.4 Å². The van der Waals surface area contributed by atoms with Gasteiger partial charge in [-0.05, 0) is 43.6 Å². The third-order valence-electron chi connectivity index (χ3n) is 5.36. The molecule has 0 spiro atoms. The molecule has 0 aromatic heterocycles. The van der Waals surface area contributed by atoms with E-state index in [-0.39, 0.29) is 11.5 Å². The number of likely N-dealkylation sites (tertiary alicyclic amines) is 1. The Morgan fingerprint density at radius 2 is 1.95 bits per heavy atom. The molecule has 3 nitrogen and oxygen atoms in total. The maximum absolute atomic E-state index is 11.8. The number of hydrogen-bond donors (Lipinski definition) is 1. The van der Waals surface area contributed by atoms with Crippen LogP contribution in [-0.2, 0) is 4.79 Å². The van der Waals surface area contributed by atoms with Gasteiger partial charge in [0.25, 0.3) is 0 Å². The van der Waals surface area contributed by atoms with Crippen molar-refractivity contribution in [2.75, 3.05) is 6.54 Å². The van der Waals surface area contributed by atoms with Crippen molar-refractivity contribution in [3.63, 3.8) is 0 Å². The summed E-state index contributed by atoms with van der Waals surface area (Å²) in [4.78, 5) is 14.1. The second-order valence-corrected chi connectivity index (χ2v) is 7.09. The van der Waals surface area contributed by atoms with Gasteiger partial charge in [0, 0.05) is 6.04 Å². The van der Waals surface area contributed by atoms with E-state index < -0.39 is 5.97 Å². The van der Waals surface area contributed by atoms with Gasteiger partial charge in [-0.15, -0.1) is 0 Å². The van der Waals surface area contributed by atoms with Gasteiger partial charge in [-0.2, -0.15) is 0 Å². The number of nitrogens with zero attached hydrogens (tertiary/aromatic N) is 1. The summed E-state index contributed by atoms with van der Waals surface area (Å²) in [5.41, 5.74) is -0.0974. The highest BCUT2D eigenvalue weighted by Gasteiger charge is 2.46. The third kappa shape index (κ3) is 2.96. The summed E-state index contributed by atoms with van der Waals surface area (Å²) in [5.74, 6) is 0.0784. The minimum Gasteiger partial charge on any atom is -0.480 e. The fraction of sp³-hybridized carbons (Fsp3) is 0.938. The molecule has 3 atom stereocenters. The Kier molecular flexibility index (Phi) is 4.54. The molecular weight excluding hydrogens is 238 g/mol. The van der Waals surface area contributed by atoms with Gasteiger partial charge in [0.1, 0.15) is 6.04 Å². The van der Waals surface area contributed by atoms with E-state index in [1.54, 1.807) is 0 Å². The van der Waals surface area contributed by atoms with Gasteiger partial charge < -0.3 is 5.11 Å². The minimum absolute atomic E-state index is 0.0974. The molecule has 1 saturated carbocycles. The van der Waals surface area contributed by atoms with E-state index in [1.165, 1.54) is 32.1 Å². The van der Waals surface area contributed by atoms with Crippen LogP contribution in [0.5, 0.6) is 0 Å². The highest BCUT2D eigenvalue weighted by molar-refractivity contribution is 5.74. The SMILES string of the molecule is CCC1CCCCC1N1CCCC(C)(C)C1C(=O)O. The van der Waals surface area contributed by atoms with E-state index in [9.17, 15) is 9.90 Å². The van der Waals surface area contributed by atoms with Crippen LogP contribution in [0.2, 0.25) is 0 Å². The van der Waals surface area contributed by atoms with Crippen molar-refractivity contribution in [2.24, 2.45) is 11.3 Å². The second kappa shape index (κ2) is 5.82.